The minimum Gasteiger partial charge on any atom is -0.308 e. The van der Waals surface area contributed by atoms with Crippen LogP contribution in [-0.4, -0.2) is 5.91 Å². The third-order valence-corrected chi connectivity index (χ3v) is 6.81. The van der Waals surface area contributed by atoms with Crippen LogP contribution in [0.1, 0.15) is 34.6 Å². The van der Waals surface area contributed by atoms with Crippen LogP contribution in [0.4, 0.5) is 5.69 Å². The fourth-order valence-corrected chi connectivity index (χ4v) is 4.78. The Bertz CT molecular complexity index is 1300. The lowest BCUT2D eigenvalue weighted by Gasteiger charge is -2.35. The molecule has 0 radical (unpaired) electrons. The maximum absolute atomic E-state index is 13.4. The van der Waals surface area contributed by atoms with E-state index < -0.39 is 0 Å². The molecule has 31 heavy (non-hydrogen) atoms. The van der Waals surface area contributed by atoms with Crippen molar-refractivity contribution in [2.75, 3.05) is 4.90 Å². The van der Waals surface area contributed by atoms with E-state index in [2.05, 4.69) is 61.5 Å². The molecule has 1 atom stereocenters. The molecule has 154 valence electrons. The average molecular weight is 446 g/mol. The standard InChI is InChI=1S/C27H21Cl2NO/c1-17-6-8-18(9-7-17)16-30-25-13-11-19-4-2-3-5-21(19)27(25)22(15-26(30)31)20-10-12-23(28)24(29)14-20/h2-14,22H,15-16H2,1H3. The number of carbonyl (C=O) groups is 1. The third kappa shape index (κ3) is 3.71. The predicted octanol–water partition coefficient (Wildman–Crippen LogP) is 7.52. The van der Waals surface area contributed by atoms with Crippen molar-refractivity contribution in [1.29, 1.82) is 0 Å². The SMILES string of the molecule is Cc1ccc(CN2C(=O)CC(c3ccc(Cl)c(Cl)c3)c3c2ccc2ccccc32)cc1. The zero-order valence-corrected chi connectivity index (χ0v) is 18.6. The molecule has 0 aliphatic carbocycles. The first-order chi connectivity index (χ1) is 15.0. The van der Waals surface area contributed by atoms with E-state index in [1.807, 2.05) is 29.2 Å². The molecular formula is C27H21Cl2NO. The van der Waals surface area contributed by atoms with Gasteiger partial charge in [0.1, 0.15) is 0 Å². The second-order valence-corrected chi connectivity index (χ2v) is 8.93. The molecule has 0 spiro atoms. The number of halogens is 2. The molecule has 1 amide bonds. The number of benzene rings is 4. The molecule has 1 unspecified atom stereocenters. The van der Waals surface area contributed by atoms with Crippen LogP contribution in [0.2, 0.25) is 10.0 Å². The van der Waals surface area contributed by atoms with E-state index in [1.54, 1.807) is 0 Å². The highest BCUT2D eigenvalue weighted by Gasteiger charge is 2.33. The van der Waals surface area contributed by atoms with Gasteiger partial charge in [-0.2, -0.15) is 0 Å². The maximum atomic E-state index is 13.4. The summed E-state index contributed by atoms with van der Waals surface area (Å²) in [6, 6.07) is 26.6. The molecule has 0 aromatic heterocycles. The lowest BCUT2D eigenvalue weighted by atomic mass is 9.81. The zero-order valence-electron chi connectivity index (χ0n) is 17.1. The minimum absolute atomic E-state index is 0.0716. The Morgan fingerprint density at radius 1 is 0.903 bits per heavy atom. The summed E-state index contributed by atoms with van der Waals surface area (Å²) in [5.74, 6) is 0.0389. The van der Waals surface area contributed by atoms with Crippen LogP contribution in [-0.2, 0) is 11.3 Å². The van der Waals surface area contributed by atoms with Crippen molar-refractivity contribution < 1.29 is 4.79 Å². The van der Waals surface area contributed by atoms with Gasteiger partial charge in [-0.1, -0.05) is 89.4 Å². The Hall–Kier alpha value is -2.81. The average Bonchev–Trinajstić information content (AvgIpc) is 2.78. The predicted molar refractivity (Wildman–Crippen MR) is 129 cm³/mol. The second-order valence-electron chi connectivity index (χ2n) is 8.12. The highest BCUT2D eigenvalue weighted by Crippen LogP contribution is 2.45. The van der Waals surface area contributed by atoms with E-state index in [1.165, 1.54) is 11.1 Å². The Morgan fingerprint density at radius 3 is 2.45 bits per heavy atom. The summed E-state index contributed by atoms with van der Waals surface area (Å²) in [6.45, 7) is 2.62. The second kappa shape index (κ2) is 8.03. The van der Waals surface area contributed by atoms with E-state index in [0.29, 0.717) is 23.0 Å². The lowest BCUT2D eigenvalue weighted by molar-refractivity contribution is -0.119. The number of hydrogen-bond acceptors (Lipinski definition) is 1. The van der Waals surface area contributed by atoms with Crippen molar-refractivity contribution in [3.63, 3.8) is 0 Å². The molecule has 0 fully saturated rings. The summed E-state index contributed by atoms with van der Waals surface area (Å²) < 4.78 is 0. The molecule has 1 heterocycles. The quantitative estimate of drug-likeness (QED) is 0.319. The van der Waals surface area contributed by atoms with Crippen molar-refractivity contribution in [3.8, 4) is 0 Å². The van der Waals surface area contributed by atoms with Crippen LogP contribution >= 0.6 is 23.2 Å². The van der Waals surface area contributed by atoms with Gasteiger partial charge in [-0.25, -0.2) is 0 Å². The molecule has 4 aromatic rings. The van der Waals surface area contributed by atoms with Gasteiger partial charge >= 0.3 is 0 Å². The molecule has 5 rings (SSSR count). The van der Waals surface area contributed by atoms with Crippen LogP contribution < -0.4 is 4.90 Å². The lowest BCUT2D eigenvalue weighted by Crippen LogP contribution is -2.36. The monoisotopic (exact) mass is 445 g/mol. The largest absolute Gasteiger partial charge is 0.308 e. The molecule has 0 saturated carbocycles. The number of hydrogen-bond donors (Lipinski definition) is 0. The summed E-state index contributed by atoms with van der Waals surface area (Å²) in [6.07, 6.45) is 0.394. The number of amides is 1. The van der Waals surface area contributed by atoms with Gasteiger partial charge in [0.25, 0.3) is 0 Å². The van der Waals surface area contributed by atoms with Crippen LogP contribution in [0.25, 0.3) is 10.8 Å². The van der Waals surface area contributed by atoms with Gasteiger partial charge in [0.05, 0.1) is 16.6 Å². The molecule has 1 aliphatic rings. The van der Waals surface area contributed by atoms with Gasteiger partial charge in [-0.05, 0) is 52.6 Å². The van der Waals surface area contributed by atoms with Gasteiger partial charge in [0, 0.05) is 18.0 Å². The molecule has 4 aromatic carbocycles. The number of rotatable bonds is 3. The van der Waals surface area contributed by atoms with Crippen molar-refractivity contribution in [1.82, 2.24) is 0 Å². The first-order valence-electron chi connectivity index (χ1n) is 10.3. The maximum Gasteiger partial charge on any atom is 0.228 e. The smallest absolute Gasteiger partial charge is 0.228 e. The number of nitrogens with zero attached hydrogens (tertiary/aromatic N) is 1. The highest BCUT2D eigenvalue weighted by atomic mass is 35.5. The van der Waals surface area contributed by atoms with Crippen molar-refractivity contribution >= 4 is 45.6 Å². The normalized spacial score (nSPS) is 15.9. The summed E-state index contributed by atoms with van der Waals surface area (Å²) >= 11 is 12.5. The Morgan fingerprint density at radius 2 is 1.68 bits per heavy atom. The molecule has 0 bridgehead atoms. The van der Waals surface area contributed by atoms with Crippen LogP contribution in [0.15, 0.2) is 78.9 Å². The molecule has 2 nitrogen and oxygen atoms in total. The summed E-state index contributed by atoms with van der Waals surface area (Å²) in [5, 5.41) is 3.36. The van der Waals surface area contributed by atoms with E-state index in [0.717, 1.165) is 27.6 Å². The zero-order chi connectivity index (χ0) is 21.5. The Kier molecular flexibility index (Phi) is 5.21. The van der Waals surface area contributed by atoms with Crippen LogP contribution in [0, 0.1) is 6.92 Å². The molecule has 4 heteroatoms. The number of aryl methyl sites for hydroxylation is 1. The van der Waals surface area contributed by atoms with Gasteiger partial charge in [0.15, 0.2) is 0 Å². The Balaban J connectivity index is 1.67. The van der Waals surface area contributed by atoms with Crippen molar-refractivity contribution in [2.24, 2.45) is 0 Å². The highest BCUT2D eigenvalue weighted by molar-refractivity contribution is 6.42. The van der Waals surface area contributed by atoms with Crippen LogP contribution in [0.5, 0.6) is 0 Å². The number of carbonyl (C=O) groups excluding carboxylic acids is 1. The number of fused-ring (bicyclic) bond motifs is 3. The first kappa shape index (κ1) is 20.1. The molecule has 1 aliphatic heterocycles. The van der Waals surface area contributed by atoms with Gasteiger partial charge < -0.3 is 4.90 Å². The molecule has 0 saturated heterocycles. The van der Waals surface area contributed by atoms with Crippen molar-refractivity contribution in [3.05, 3.63) is 111 Å². The minimum atomic E-state index is -0.0716. The summed E-state index contributed by atoms with van der Waals surface area (Å²) in [5.41, 5.74) is 5.47. The topological polar surface area (TPSA) is 20.3 Å². The Labute approximate surface area is 192 Å². The van der Waals surface area contributed by atoms with E-state index >= 15 is 0 Å². The fraction of sp³-hybridized carbons (Fsp3) is 0.148. The fourth-order valence-electron chi connectivity index (χ4n) is 4.47. The van der Waals surface area contributed by atoms with E-state index in [4.69, 9.17) is 23.2 Å². The van der Waals surface area contributed by atoms with Gasteiger partial charge in [0.2, 0.25) is 5.91 Å². The van der Waals surface area contributed by atoms with Gasteiger partial charge in [-0.3, -0.25) is 4.79 Å². The third-order valence-electron chi connectivity index (χ3n) is 6.07. The molecular weight excluding hydrogens is 425 g/mol. The molecule has 0 N–H and O–H groups in total. The first-order valence-corrected chi connectivity index (χ1v) is 11.1. The summed E-state index contributed by atoms with van der Waals surface area (Å²) in [7, 11) is 0. The van der Waals surface area contributed by atoms with Gasteiger partial charge in [-0.15, -0.1) is 0 Å². The number of anilines is 1. The van der Waals surface area contributed by atoms with E-state index in [9.17, 15) is 4.79 Å². The summed E-state index contributed by atoms with van der Waals surface area (Å²) in [4.78, 5) is 15.3. The van der Waals surface area contributed by atoms with Crippen LogP contribution in [0.3, 0.4) is 0 Å². The van der Waals surface area contributed by atoms with E-state index in [-0.39, 0.29) is 11.8 Å². The van der Waals surface area contributed by atoms with Crippen molar-refractivity contribution in [2.45, 2.75) is 25.8 Å².